The molecule has 0 aromatic heterocycles. The van der Waals surface area contributed by atoms with Gasteiger partial charge < -0.3 is 15.5 Å². The zero-order chi connectivity index (χ0) is 18.8. The molecule has 142 valence electrons. The molecule has 4 unspecified atom stereocenters. The first-order valence-corrected chi connectivity index (χ1v) is 9.05. The van der Waals surface area contributed by atoms with E-state index in [0.717, 1.165) is 12.8 Å². The van der Waals surface area contributed by atoms with Gasteiger partial charge in [-0.1, -0.05) is 20.8 Å². The van der Waals surface area contributed by atoms with Crippen molar-refractivity contribution in [1.82, 2.24) is 10.4 Å². The number of hydrogen-bond acceptors (Lipinski definition) is 5. The van der Waals surface area contributed by atoms with E-state index in [-0.39, 0.29) is 36.1 Å². The molecule has 1 aliphatic heterocycles. The van der Waals surface area contributed by atoms with Crippen LogP contribution in [-0.2, 0) is 9.63 Å². The Morgan fingerprint density at radius 1 is 1.33 bits per heavy atom. The third-order valence-corrected chi connectivity index (χ3v) is 5.90. The third kappa shape index (κ3) is 3.93. The van der Waals surface area contributed by atoms with Gasteiger partial charge in [-0.15, -0.1) is 0 Å². The summed E-state index contributed by atoms with van der Waals surface area (Å²) < 4.78 is 0. The molecule has 0 aromatic rings. The number of aliphatic hydroxyl groups is 2. The molecule has 6 heteroatoms. The van der Waals surface area contributed by atoms with E-state index in [1.54, 1.807) is 13.8 Å². The van der Waals surface area contributed by atoms with Crippen molar-refractivity contribution in [3.63, 3.8) is 0 Å². The molecular formula is C18H36N2O4. The van der Waals surface area contributed by atoms with Crippen LogP contribution in [0.2, 0.25) is 0 Å². The molecule has 0 saturated carbocycles. The lowest BCUT2D eigenvalue weighted by Crippen LogP contribution is -2.69. The Labute approximate surface area is 146 Å². The molecule has 0 aromatic carbocycles. The van der Waals surface area contributed by atoms with Crippen LogP contribution in [0.5, 0.6) is 0 Å². The molecule has 1 rings (SSSR count). The minimum absolute atomic E-state index is 0.0263. The molecule has 3 N–H and O–H groups in total. The summed E-state index contributed by atoms with van der Waals surface area (Å²) in [6.07, 6.45) is 1.82. The summed E-state index contributed by atoms with van der Waals surface area (Å²) in [5.41, 5.74) is -1.80. The Morgan fingerprint density at radius 2 is 1.92 bits per heavy atom. The summed E-state index contributed by atoms with van der Waals surface area (Å²) in [4.78, 5) is 18.7. The molecular weight excluding hydrogens is 308 g/mol. The van der Waals surface area contributed by atoms with Crippen LogP contribution in [0, 0.1) is 5.92 Å². The van der Waals surface area contributed by atoms with Gasteiger partial charge in [-0.05, 0) is 47.0 Å². The van der Waals surface area contributed by atoms with Gasteiger partial charge in [-0.3, -0.25) is 9.63 Å². The summed E-state index contributed by atoms with van der Waals surface area (Å²) in [6, 6.07) is 0. The normalized spacial score (nSPS) is 35.0. The topological polar surface area (TPSA) is 82.0 Å². The fourth-order valence-electron chi connectivity index (χ4n) is 3.55. The number of nitrogens with one attached hydrogen (secondary N) is 1. The van der Waals surface area contributed by atoms with Crippen molar-refractivity contribution in [2.45, 2.75) is 90.5 Å². The second kappa shape index (κ2) is 7.68. The maximum Gasteiger partial charge on any atom is 0.253 e. The monoisotopic (exact) mass is 344 g/mol. The van der Waals surface area contributed by atoms with E-state index in [0.29, 0.717) is 6.42 Å². The van der Waals surface area contributed by atoms with Crippen LogP contribution in [0.25, 0.3) is 0 Å². The average Bonchev–Trinajstić information content (AvgIpc) is 2.54. The molecule has 0 spiro atoms. The van der Waals surface area contributed by atoms with Crippen LogP contribution in [0.3, 0.4) is 0 Å². The highest BCUT2D eigenvalue weighted by Gasteiger charge is 2.55. The quantitative estimate of drug-likeness (QED) is 0.656. The molecule has 1 aliphatic rings. The number of carbonyl (C=O) groups excluding carboxylic acids is 1. The van der Waals surface area contributed by atoms with E-state index < -0.39 is 11.7 Å². The van der Waals surface area contributed by atoms with E-state index in [9.17, 15) is 9.90 Å². The van der Waals surface area contributed by atoms with Gasteiger partial charge in [0, 0.05) is 23.5 Å². The zero-order valence-electron chi connectivity index (χ0n) is 16.3. The van der Waals surface area contributed by atoms with Crippen molar-refractivity contribution in [1.29, 1.82) is 0 Å². The average molecular weight is 344 g/mol. The maximum atomic E-state index is 12.4. The lowest BCUT2D eigenvalue weighted by Gasteiger charge is -2.59. The van der Waals surface area contributed by atoms with E-state index in [4.69, 9.17) is 9.94 Å². The number of amides is 1. The van der Waals surface area contributed by atoms with Gasteiger partial charge in [-0.2, -0.15) is 5.06 Å². The Bertz CT molecular complexity index is 443. The number of aliphatic hydroxyl groups excluding tert-OH is 2. The summed E-state index contributed by atoms with van der Waals surface area (Å²) in [5, 5.41) is 24.1. The van der Waals surface area contributed by atoms with Gasteiger partial charge in [0.05, 0.1) is 12.7 Å². The Kier molecular flexibility index (Phi) is 6.84. The van der Waals surface area contributed by atoms with Crippen molar-refractivity contribution in [2.24, 2.45) is 5.92 Å². The number of rotatable bonds is 7. The zero-order valence-corrected chi connectivity index (χ0v) is 16.3. The van der Waals surface area contributed by atoms with Gasteiger partial charge >= 0.3 is 0 Å². The first-order chi connectivity index (χ1) is 11.0. The van der Waals surface area contributed by atoms with E-state index in [1.165, 1.54) is 0 Å². The minimum Gasteiger partial charge on any atom is -0.395 e. The Balaban J connectivity index is 3.16. The van der Waals surface area contributed by atoms with Crippen LogP contribution in [-0.4, -0.2) is 57.1 Å². The van der Waals surface area contributed by atoms with Crippen LogP contribution in [0.4, 0.5) is 0 Å². The molecule has 1 fully saturated rings. The van der Waals surface area contributed by atoms with Crippen molar-refractivity contribution < 1.29 is 19.8 Å². The molecule has 6 nitrogen and oxygen atoms in total. The van der Waals surface area contributed by atoms with Gasteiger partial charge in [0.15, 0.2) is 5.60 Å². The number of nitrogens with zero attached hydrogens (tertiary/aromatic N) is 1. The van der Waals surface area contributed by atoms with Gasteiger partial charge in [0.2, 0.25) is 0 Å². The number of hydrogen-bond donors (Lipinski definition) is 3. The Hall–Kier alpha value is -0.690. The highest BCUT2D eigenvalue weighted by molar-refractivity contribution is 5.84. The summed E-state index contributed by atoms with van der Waals surface area (Å²) >= 11 is 0. The molecule has 1 saturated heterocycles. The fraction of sp³-hybridized carbons (Fsp3) is 0.944. The van der Waals surface area contributed by atoms with E-state index in [2.05, 4.69) is 33.0 Å². The molecule has 0 bridgehead atoms. The minimum atomic E-state index is -1.07. The summed E-state index contributed by atoms with van der Waals surface area (Å²) in [5.74, 6) is -0.231. The van der Waals surface area contributed by atoms with Crippen molar-refractivity contribution in [3.05, 3.63) is 0 Å². The number of hydroxylamine groups is 2. The van der Waals surface area contributed by atoms with E-state index in [1.807, 2.05) is 12.0 Å². The summed E-state index contributed by atoms with van der Waals surface area (Å²) in [7, 11) is 0. The smallest absolute Gasteiger partial charge is 0.253 e. The Morgan fingerprint density at radius 3 is 2.38 bits per heavy atom. The molecule has 1 amide bonds. The van der Waals surface area contributed by atoms with Gasteiger partial charge in [0.25, 0.3) is 5.91 Å². The first-order valence-electron chi connectivity index (χ1n) is 9.05. The van der Waals surface area contributed by atoms with Gasteiger partial charge in [-0.25, -0.2) is 0 Å². The molecule has 24 heavy (non-hydrogen) atoms. The standard InChI is InChI=1S/C18H36N2O4/c1-8-17(6)12-14(22)13(3)18(7,9-2)20(17)24-16(4,5)15(23)19-10-11-21/h13-14,21-22H,8-12H2,1-7H3,(H,19,23). The SMILES string of the molecule is CCC1(C)CC(O)C(C)C(C)(CC)N1OC(C)(C)C(=O)NCCO. The first kappa shape index (κ1) is 21.4. The predicted octanol–water partition coefficient (Wildman–Crippen LogP) is 1.85. The lowest BCUT2D eigenvalue weighted by atomic mass is 9.69. The maximum absolute atomic E-state index is 12.4. The molecule has 4 atom stereocenters. The summed E-state index contributed by atoms with van der Waals surface area (Å²) in [6.45, 7) is 14.0. The molecule has 0 aliphatic carbocycles. The fourth-order valence-corrected chi connectivity index (χ4v) is 3.55. The molecule has 0 radical (unpaired) electrons. The third-order valence-electron chi connectivity index (χ3n) is 5.90. The largest absolute Gasteiger partial charge is 0.395 e. The highest BCUT2D eigenvalue weighted by Crippen LogP contribution is 2.46. The second-order valence-corrected chi connectivity index (χ2v) is 8.00. The van der Waals surface area contributed by atoms with E-state index >= 15 is 0 Å². The van der Waals surface area contributed by atoms with Crippen LogP contribution in [0.15, 0.2) is 0 Å². The highest BCUT2D eigenvalue weighted by atomic mass is 16.7. The molecule has 1 heterocycles. The number of piperidine rings is 1. The lowest BCUT2D eigenvalue weighted by molar-refractivity contribution is -0.348. The number of carbonyl (C=O) groups is 1. The van der Waals surface area contributed by atoms with Crippen LogP contribution < -0.4 is 5.32 Å². The predicted molar refractivity (Wildman–Crippen MR) is 94.3 cm³/mol. The van der Waals surface area contributed by atoms with Crippen molar-refractivity contribution in [2.75, 3.05) is 13.2 Å². The van der Waals surface area contributed by atoms with Crippen molar-refractivity contribution >= 4 is 5.91 Å². The van der Waals surface area contributed by atoms with Crippen LogP contribution in [0.1, 0.15) is 67.7 Å². The van der Waals surface area contributed by atoms with Crippen LogP contribution >= 0.6 is 0 Å². The second-order valence-electron chi connectivity index (χ2n) is 8.00. The van der Waals surface area contributed by atoms with Gasteiger partial charge in [0.1, 0.15) is 0 Å². The van der Waals surface area contributed by atoms with Crippen molar-refractivity contribution in [3.8, 4) is 0 Å².